The number of hydrogen-bond donors (Lipinski definition) is 1. The molecule has 0 aliphatic carbocycles. The molecule has 0 saturated heterocycles. The highest BCUT2D eigenvalue weighted by Gasteiger charge is 2.07. The van der Waals surface area contributed by atoms with E-state index in [1.165, 1.54) is 6.07 Å². The van der Waals surface area contributed by atoms with E-state index < -0.39 is 0 Å². The molecule has 17 heavy (non-hydrogen) atoms. The lowest BCUT2D eigenvalue weighted by atomic mass is 10.1. The van der Waals surface area contributed by atoms with Crippen molar-refractivity contribution in [2.75, 3.05) is 5.32 Å². The molecule has 1 N–H and O–H groups in total. The lowest BCUT2D eigenvalue weighted by Gasteiger charge is -2.11. The van der Waals surface area contributed by atoms with Crippen LogP contribution >= 0.6 is 0 Å². The average Bonchev–Trinajstić information content (AvgIpc) is 2.67. The summed E-state index contributed by atoms with van der Waals surface area (Å²) in [5.41, 5.74) is 2.29. The second-order valence-electron chi connectivity index (χ2n) is 4.40. The molecule has 0 saturated carbocycles. The average molecular weight is 233 g/mol. The molecule has 2 aromatic rings. The lowest BCUT2D eigenvalue weighted by molar-refractivity contribution is 0.628. The predicted octanol–water partition coefficient (Wildman–Crippen LogP) is 3.05. The first-order valence-corrected chi connectivity index (χ1v) is 5.61. The van der Waals surface area contributed by atoms with Crippen LogP contribution in [0.5, 0.6) is 0 Å². The SMILES string of the molecule is CC(C)Nc1ccc(-c2cnn(C)c2)cc1F. The van der Waals surface area contributed by atoms with Gasteiger partial charge >= 0.3 is 0 Å². The Morgan fingerprint density at radius 3 is 2.59 bits per heavy atom. The van der Waals surface area contributed by atoms with Crippen LogP contribution < -0.4 is 5.32 Å². The number of rotatable bonds is 3. The normalized spacial score (nSPS) is 10.9. The first-order valence-electron chi connectivity index (χ1n) is 5.61. The number of nitrogens with zero attached hydrogens (tertiary/aromatic N) is 2. The number of halogens is 1. The Labute approximate surface area is 100 Å². The predicted molar refractivity (Wildman–Crippen MR) is 67.4 cm³/mol. The second-order valence-corrected chi connectivity index (χ2v) is 4.40. The Bertz CT molecular complexity index is 517. The third-order valence-corrected chi connectivity index (χ3v) is 2.45. The molecule has 0 radical (unpaired) electrons. The zero-order chi connectivity index (χ0) is 12.4. The highest BCUT2D eigenvalue weighted by Crippen LogP contribution is 2.24. The molecule has 0 fully saturated rings. The maximum Gasteiger partial charge on any atom is 0.146 e. The van der Waals surface area contributed by atoms with Crippen LogP contribution in [0.3, 0.4) is 0 Å². The van der Waals surface area contributed by atoms with Gasteiger partial charge in [-0.05, 0) is 31.5 Å². The lowest BCUT2D eigenvalue weighted by Crippen LogP contribution is -2.10. The van der Waals surface area contributed by atoms with E-state index in [-0.39, 0.29) is 11.9 Å². The van der Waals surface area contributed by atoms with Crippen molar-refractivity contribution in [2.45, 2.75) is 19.9 Å². The van der Waals surface area contributed by atoms with Crippen molar-refractivity contribution < 1.29 is 4.39 Å². The molecule has 2 rings (SSSR count). The second kappa shape index (κ2) is 4.57. The fraction of sp³-hybridized carbons (Fsp3) is 0.308. The van der Waals surface area contributed by atoms with E-state index in [0.29, 0.717) is 5.69 Å². The summed E-state index contributed by atoms with van der Waals surface area (Å²) in [7, 11) is 1.84. The Balaban J connectivity index is 2.30. The quantitative estimate of drug-likeness (QED) is 0.883. The van der Waals surface area contributed by atoms with Crippen molar-refractivity contribution in [1.82, 2.24) is 9.78 Å². The van der Waals surface area contributed by atoms with Crippen LogP contribution in [-0.4, -0.2) is 15.8 Å². The minimum absolute atomic E-state index is 0.216. The number of aryl methyl sites for hydroxylation is 1. The summed E-state index contributed by atoms with van der Waals surface area (Å²) in [6, 6.07) is 5.40. The minimum atomic E-state index is -0.236. The summed E-state index contributed by atoms with van der Waals surface area (Å²) in [6.07, 6.45) is 3.59. The van der Waals surface area contributed by atoms with Crippen molar-refractivity contribution in [3.05, 3.63) is 36.4 Å². The molecule has 0 bridgehead atoms. The smallest absolute Gasteiger partial charge is 0.146 e. The maximum atomic E-state index is 13.8. The van der Waals surface area contributed by atoms with Crippen LogP contribution in [0.15, 0.2) is 30.6 Å². The van der Waals surface area contributed by atoms with Gasteiger partial charge in [0.2, 0.25) is 0 Å². The zero-order valence-electron chi connectivity index (χ0n) is 10.2. The Kier molecular flexibility index (Phi) is 3.13. The summed E-state index contributed by atoms with van der Waals surface area (Å²) in [5.74, 6) is -0.236. The van der Waals surface area contributed by atoms with Gasteiger partial charge in [0, 0.05) is 24.8 Å². The molecule has 0 spiro atoms. The minimum Gasteiger partial charge on any atom is -0.381 e. The van der Waals surface area contributed by atoms with Gasteiger partial charge in [0.1, 0.15) is 5.82 Å². The van der Waals surface area contributed by atoms with Gasteiger partial charge in [-0.2, -0.15) is 5.10 Å². The molecule has 1 aromatic heterocycles. The number of hydrogen-bond acceptors (Lipinski definition) is 2. The number of benzene rings is 1. The van der Waals surface area contributed by atoms with Gasteiger partial charge in [-0.15, -0.1) is 0 Å². The topological polar surface area (TPSA) is 29.9 Å². The van der Waals surface area contributed by atoms with Gasteiger partial charge < -0.3 is 5.32 Å². The standard InChI is InChI=1S/C13H16FN3/c1-9(2)16-13-5-4-10(6-12(13)14)11-7-15-17(3)8-11/h4-9,16H,1-3H3. The fourth-order valence-corrected chi connectivity index (χ4v) is 1.69. The monoisotopic (exact) mass is 233 g/mol. The molecule has 4 heteroatoms. The van der Waals surface area contributed by atoms with Gasteiger partial charge in [-0.3, -0.25) is 4.68 Å². The largest absolute Gasteiger partial charge is 0.381 e. The van der Waals surface area contributed by atoms with E-state index in [4.69, 9.17) is 0 Å². The maximum absolute atomic E-state index is 13.8. The van der Waals surface area contributed by atoms with Crippen LogP contribution in [0.25, 0.3) is 11.1 Å². The van der Waals surface area contributed by atoms with Crippen LogP contribution in [0.4, 0.5) is 10.1 Å². The van der Waals surface area contributed by atoms with Crippen LogP contribution in [0, 0.1) is 5.82 Å². The number of nitrogens with one attached hydrogen (secondary N) is 1. The van der Waals surface area contributed by atoms with Crippen molar-refractivity contribution >= 4 is 5.69 Å². The zero-order valence-corrected chi connectivity index (χ0v) is 10.2. The number of aromatic nitrogens is 2. The highest BCUT2D eigenvalue weighted by atomic mass is 19.1. The molecule has 0 aliphatic rings. The molecule has 1 heterocycles. The van der Waals surface area contributed by atoms with E-state index >= 15 is 0 Å². The molecule has 0 unspecified atom stereocenters. The molecule has 1 aromatic carbocycles. The molecule has 3 nitrogen and oxygen atoms in total. The van der Waals surface area contributed by atoms with Gasteiger partial charge in [0.25, 0.3) is 0 Å². The molecular formula is C13H16FN3. The highest BCUT2D eigenvalue weighted by molar-refractivity contribution is 5.65. The van der Waals surface area contributed by atoms with Crippen LogP contribution in [0.2, 0.25) is 0 Å². The molecule has 0 amide bonds. The van der Waals surface area contributed by atoms with E-state index in [1.54, 1.807) is 16.9 Å². The first kappa shape index (κ1) is 11.6. The van der Waals surface area contributed by atoms with E-state index in [0.717, 1.165) is 11.1 Å². The van der Waals surface area contributed by atoms with Crippen molar-refractivity contribution in [1.29, 1.82) is 0 Å². The van der Waals surface area contributed by atoms with E-state index in [2.05, 4.69) is 10.4 Å². The summed E-state index contributed by atoms with van der Waals surface area (Å²) in [4.78, 5) is 0. The van der Waals surface area contributed by atoms with Crippen LogP contribution in [-0.2, 0) is 7.05 Å². The third-order valence-electron chi connectivity index (χ3n) is 2.45. The summed E-state index contributed by atoms with van der Waals surface area (Å²) in [6.45, 7) is 3.96. The van der Waals surface area contributed by atoms with Gasteiger partial charge in [-0.25, -0.2) is 4.39 Å². The Morgan fingerprint density at radius 1 is 1.29 bits per heavy atom. The molecule has 90 valence electrons. The summed E-state index contributed by atoms with van der Waals surface area (Å²) < 4.78 is 15.5. The van der Waals surface area contributed by atoms with Gasteiger partial charge in [0.05, 0.1) is 11.9 Å². The summed E-state index contributed by atoms with van der Waals surface area (Å²) >= 11 is 0. The molecule has 0 atom stereocenters. The number of anilines is 1. The summed E-state index contributed by atoms with van der Waals surface area (Å²) in [5, 5.41) is 7.13. The first-order chi connectivity index (χ1) is 8.06. The Morgan fingerprint density at radius 2 is 2.06 bits per heavy atom. The molecule has 0 aliphatic heterocycles. The van der Waals surface area contributed by atoms with Crippen LogP contribution in [0.1, 0.15) is 13.8 Å². The van der Waals surface area contributed by atoms with Gasteiger partial charge in [-0.1, -0.05) is 6.07 Å². The van der Waals surface area contributed by atoms with Gasteiger partial charge in [0.15, 0.2) is 0 Å². The Hall–Kier alpha value is -1.84. The van der Waals surface area contributed by atoms with Crippen molar-refractivity contribution in [2.24, 2.45) is 7.05 Å². The van der Waals surface area contributed by atoms with E-state index in [9.17, 15) is 4.39 Å². The molecular weight excluding hydrogens is 217 g/mol. The van der Waals surface area contributed by atoms with Crippen molar-refractivity contribution in [3.63, 3.8) is 0 Å². The van der Waals surface area contributed by atoms with Crippen molar-refractivity contribution in [3.8, 4) is 11.1 Å². The fourth-order valence-electron chi connectivity index (χ4n) is 1.69. The van der Waals surface area contributed by atoms with E-state index in [1.807, 2.05) is 33.2 Å². The third kappa shape index (κ3) is 2.64.